The number of carbonyl (C=O) groups excluding carboxylic acids is 1. The van der Waals surface area contributed by atoms with Crippen LogP contribution in [0.5, 0.6) is 0 Å². The van der Waals surface area contributed by atoms with Gasteiger partial charge in [-0.25, -0.2) is 0 Å². The normalized spacial score (nSPS) is 18.6. The van der Waals surface area contributed by atoms with Gasteiger partial charge < -0.3 is 15.1 Å². The van der Waals surface area contributed by atoms with Crippen molar-refractivity contribution in [3.63, 3.8) is 0 Å². The average molecular weight is 359 g/mol. The van der Waals surface area contributed by atoms with Gasteiger partial charge in [0.05, 0.1) is 12.1 Å². The molecule has 1 aliphatic heterocycles. The summed E-state index contributed by atoms with van der Waals surface area (Å²) in [5.41, 5.74) is 1.09. The molecule has 0 aromatic heterocycles. The fourth-order valence-electron chi connectivity index (χ4n) is 3.34. The van der Waals surface area contributed by atoms with Crippen LogP contribution < -0.4 is 0 Å². The number of aliphatic hydroxyl groups excluding tert-OH is 1. The maximum atomic E-state index is 12.1. The molecular formula is C21H29NO4. The van der Waals surface area contributed by atoms with E-state index in [4.69, 9.17) is 5.11 Å². The molecule has 1 amide bonds. The molecule has 0 spiro atoms. The van der Waals surface area contributed by atoms with E-state index in [1.165, 1.54) is 0 Å². The summed E-state index contributed by atoms with van der Waals surface area (Å²) in [5, 5.41) is 18.8. The fraction of sp³-hybridized carbons (Fsp3) is 0.524. The van der Waals surface area contributed by atoms with Crippen LogP contribution >= 0.6 is 0 Å². The first-order valence-electron chi connectivity index (χ1n) is 9.48. The van der Waals surface area contributed by atoms with Crippen molar-refractivity contribution >= 4 is 11.9 Å². The molecule has 1 aliphatic rings. The lowest BCUT2D eigenvalue weighted by atomic mass is 10.1. The second kappa shape index (κ2) is 10.8. The van der Waals surface area contributed by atoms with Crippen LogP contribution in [0.2, 0.25) is 0 Å². The van der Waals surface area contributed by atoms with Crippen LogP contribution in [-0.4, -0.2) is 45.7 Å². The Bertz CT molecular complexity index is 599. The van der Waals surface area contributed by atoms with Gasteiger partial charge in [0.1, 0.15) is 0 Å². The molecule has 142 valence electrons. The lowest BCUT2D eigenvalue weighted by molar-refractivity contribution is -0.137. The van der Waals surface area contributed by atoms with E-state index in [0.717, 1.165) is 31.2 Å². The number of nitrogens with zero attached hydrogens (tertiary/aromatic N) is 1. The zero-order chi connectivity index (χ0) is 18.8. The first-order chi connectivity index (χ1) is 12.6. The quantitative estimate of drug-likeness (QED) is 0.470. The molecule has 1 fully saturated rings. The molecule has 2 rings (SSSR count). The fourth-order valence-corrected chi connectivity index (χ4v) is 3.34. The minimum Gasteiger partial charge on any atom is -0.481 e. The Labute approximate surface area is 155 Å². The first kappa shape index (κ1) is 20.2. The molecule has 1 saturated heterocycles. The number of hydrogen-bond donors (Lipinski definition) is 2. The zero-order valence-electron chi connectivity index (χ0n) is 15.2. The zero-order valence-corrected chi connectivity index (χ0v) is 15.2. The summed E-state index contributed by atoms with van der Waals surface area (Å²) in [5.74, 6) is -0.582. The molecule has 1 aromatic rings. The van der Waals surface area contributed by atoms with Gasteiger partial charge in [0.25, 0.3) is 0 Å². The number of hydrogen-bond acceptors (Lipinski definition) is 3. The van der Waals surface area contributed by atoms with Gasteiger partial charge in [-0.3, -0.25) is 9.59 Å². The minimum atomic E-state index is -0.751. The second-order valence-electron chi connectivity index (χ2n) is 6.89. The number of carboxylic acids is 1. The van der Waals surface area contributed by atoms with E-state index in [9.17, 15) is 14.7 Å². The van der Waals surface area contributed by atoms with Crippen LogP contribution in [0.4, 0.5) is 0 Å². The largest absolute Gasteiger partial charge is 0.481 e. The number of amides is 1. The third-order valence-electron chi connectivity index (χ3n) is 4.76. The Morgan fingerprint density at radius 2 is 1.92 bits per heavy atom. The minimum absolute atomic E-state index is 0.0620. The number of carbonyl (C=O) groups is 2. The molecule has 0 aliphatic carbocycles. The lowest BCUT2D eigenvalue weighted by Crippen LogP contribution is -2.32. The van der Waals surface area contributed by atoms with Crippen molar-refractivity contribution in [1.82, 2.24) is 4.90 Å². The molecule has 1 unspecified atom stereocenters. The average Bonchev–Trinajstić information content (AvgIpc) is 2.97. The summed E-state index contributed by atoms with van der Waals surface area (Å²) in [6.45, 7) is 0.704. The van der Waals surface area contributed by atoms with E-state index in [0.29, 0.717) is 25.8 Å². The van der Waals surface area contributed by atoms with Crippen LogP contribution in [-0.2, 0) is 16.0 Å². The Hall–Kier alpha value is -2.14. The predicted molar refractivity (Wildman–Crippen MR) is 101 cm³/mol. The Morgan fingerprint density at radius 3 is 2.65 bits per heavy atom. The monoisotopic (exact) mass is 359 g/mol. The lowest BCUT2D eigenvalue weighted by Gasteiger charge is -2.22. The Balaban J connectivity index is 1.74. The van der Waals surface area contributed by atoms with Gasteiger partial charge >= 0.3 is 5.97 Å². The van der Waals surface area contributed by atoms with E-state index in [-0.39, 0.29) is 18.4 Å². The van der Waals surface area contributed by atoms with Crippen LogP contribution in [0, 0.1) is 0 Å². The van der Waals surface area contributed by atoms with E-state index < -0.39 is 12.1 Å². The van der Waals surface area contributed by atoms with Crippen molar-refractivity contribution in [3.8, 4) is 0 Å². The molecular weight excluding hydrogens is 330 g/mol. The number of unbranched alkanes of at least 4 members (excludes halogenated alkanes) is 3. The van der Waals surface area contributed by atoms with Crippen molar-refractivity contribution in [3.05, 3.63) is 48.0 Å². The molecule has 0 bridgehead atoms. The standard InChI is InChI=1S/C21H29NO4/c23-19(16-17-8-4-3-5-9-17)13-11-18-12-14-20(24)22(18)15-7-2-1-6-10-21(25)26/h3-5,8-9,11,13,18-19,23H,1-2,6-7,10,12,14-16H2,(H,25,26)/b13-11+/t18?,19-/m0/s1. The highest BCUT2D eigenvalue weighted by atomic mass is 16.4. The second-order valence-corrected chi connectivity index (χ2v) is 6.89. The summed E-state index contributed by atoms with van der Waals surface area (Å²) in [7, 11) is 0. The topological polar surface area (TPSA) is 77.8 Å². The van der Waals surface area contributed by atoms with Crippen molar-refractivity contribution in [2.24, 2.45) is 0 Å². The number of likely N-dealkylation sites (tertiary alicyclic amines) is 1. The highest BCUT2D eigenvalue weighted by Gasteiger charge is 2.28. The van der Waals surface area contributed by atoms with Crippen molar-refractivity contribution in [2.75, 3.05) is 6.54 Å². The maximum absolute atomic E-state index is 12.1. The molecule has 2 atom stereocenters. The molecule has 26 heavy (non-hydrogen) atoms. The number of carboxylic acid groups (broad SMARTS) is 1. The molecule has 2 N–H and O–H groups in total. The van der Waals surface area contributed by atoms with Crippen molar-refractivity contribution < 1.29 is 19.8 Å². The molecule has 1 heterocycles. The van der Waals surface area contributed by atoms with E-state index in [1.807, 2.05) is 41.3 Å². The highest BCUT2D eigenvalue weighted by molar-refractivity contribution is 5.79. The predicted octanol–water partition coefficient (Wildman–Crippen LogP) is 3.17. The van der Waals surface area contributed by atoms with Gasteiger partial charge in [-0.05, 0) is 24.8 Å². The number of aliphatic hydroxyl groups is 1. The maximum Gasteiger partial charge on any atom is 0.303 e. The summed E-state index contributed by atoms with van der Waals surface area (Å²) < 4.78 is 0. The van der Waals surface area contributed by atoms with Gasteiger partial charge in [-0.2, -0.15) is 0 Å². The van der Waals surface area contributed by atoms with Gasteiger partial charge in [-0.1, -0.05) is 55.3 Å². The van der Waals surface area contributed by atoms with Gasteiger partial charge in [0, 0.05) is 25.8 Å². The molecule has 0 radical (unpaired) electrons. The number of benzene rings is 1. The van der Waals surface area contributed by atoms with Crippen LogP contribution in [0.1, 0.15) is 50.5 Å². The molecule has 1 aromatic carbocycles. The van der Waals surface area contributed by atoms with E-state index in [1.54, 1.807) is 6.08 Å². The first-order valence-corrected chi connectivity index (χ1v) is 9.48. The molecule has 5 nitrogen and oxygen atoms in total. The van der Waals surface area contributed by atoms with Gasteiger partial charge in [-0.15, -0.1) is 0 Å². The van der Waals surface area contributed by atoms with E-state index in [2.05, 4.69) is 0 Å². The van der Waals surface area contributed by atoms with Crippen LogP contribution in [0.3, 0.4) is 0 Å². The van der Waals surface area contributed by atoms with Gasteiger partial charge in [0.15, 0.2) is 0 Å². The number of aliphatic carboxylic acids is 1. The highest BCUT2D eigenvalue weighted by Crippen LogP contribution is 2.21. The van der Waals surface area contributed by atoms with Crippen LogP contribution in [0.25, 0.3) is 0 Å². The third kappa shape index (κ3) is 7.00. The van der Waals surface area contributed by atoms with Crippen molar-refractivity contribution in [2.45, 2.75) is 63.5 Å². The van der Waals surface area contributed by atoms with E-state index >= 15 is 0 Å². The SMILES string of the molecule is O=C(O)CCCCCCN1C(=O)CCC1/C=C/[C@H](O)Cc1ccccc1. The Kier molecular flexibility index (Phi) is 8.35. The van der Waals surface area contributed by atoms with Gasteiger partial charge in [0.2, 0.25) is 5.91 Å². The molecule has 0 saturated carbocycles. The summed E-state index contributed by atoms with van der Waals surface area (Å²) in [6.07, 6.45) is 8.75. The Morgan fingerprint density at radius 1 is 1.19 bits per heavy atom. The number of rotatable bonds is 11. The summed E-state index contributed by atoms with van der Waals surface area (Å²) in [6, 6.07) is 9.92. The van der Waals surface area contributed by atoms with Crippen LogP contribution in [0.15, 0.2) is 42.5 Å². The smallest absolute Gasteiger partial charge is 0.303 e. The van der Waals surface area contributed by atoms with Crippen molar-refractivity contribution in [1.29, 1.82) is 0 Å². The molecule has 5 heteroatoms. The summed E-state index contributed by atoms with van der Waals surface area (Å²) >= 11 is 0. The summed E-state index contributed by atoms with van der Waals surface area (Å²) in [4.78, 5) is 24.5. The third-order valence-corrected chi connectivity index (χ3v) is 4.76.